The van der Waals surface area contributed by atoms with E-state index in [4.69, 9.17) is 4.74 Å². The Kier molecular flexibility index (Phi) is 4.04. The highest BCUT2D eigenvalue weighted by atomic mass is 16.5. The molecule has 28 heavy (non-hydrogen) atoms. The minimum atomic E-state index is -0.918. The van der Waals surface area contributed by atoms with Gasteiger partial charge in [0.2, 0.25) is 0 Å². The molecule has 1 saturated carbocycles. The third-order valence-electron chi connectivity index (χ3n) is 8.29. The topological polar surface area (TPSA) is 46.5 Å². The molecule has 3 aliphatic rings. The minimum absolute atomic E-state index is 0.143. The van der Waals surface area contributed by atoms with Crippen LogP contribution in [0.1, 0.15) is 64.2 Å². The summed E-state index contributed by atoms with van der Waals surface area (Å²) >= 11 is 0. The number of hydrogen-bond donors (Lipinski definition) is 1. The van der Waals surface area contributed by atoms with Crippen LogP contribution < -0.4 is 4.74 Å². The van der Waals surface area contributed by atoms with Gasteiger partial charge < -0.3 is 9.84 Å². The molecule has 4 rings (SSSR count). The molecule has 0 radical (unpaired) electrons. The van der Waals surface area contributed by atoms with E-state index >= 15 is 0 Å². The molecule has 3 nitrogen and oxygen atoms in total. The number of fused-ring (bicyclic) bond motifs is 2. The number of benzene rings is 1. The first-order valence-electron chi connectivity index (χ1n) is 10.3. The molecule has 1 fully saturated rings. The lowest BCUT2D eigenvalue weighted by Crippen LogP contribution is -2.51. The van der Waals surface area contributed by atoms with Crippen molar-refractivity contribution < 1.29 is 14.6 Å². The normalized spacial score (nSPS) is 32.3. The second-order valence-corrected chi connectivity index (χ2v) is 9.78. The van der Waals surface area contributed by atoms with Crippen molar-refractivity contribution in [3.63, 3.8) is 0 Å². The molecule has 1 aromatic rings. The zero-order valence-corrected chi connectivity index (χ0v) is 18.1. The number of ether oxygens (including phenoxy) is 1. The van der Waals surface area contributed by atoms with Gasteiger partial charge in [0.1, 0.15) is 5.75 Å². The summed E-state index contributed by atoms with van der Waals surface area (Å²) in [7, 11) is 1.71. The van der Waals surface area contributed by atoms with Gasteiger partial charge in [-0.2, -0.15) is 0 Å². The molecule has 1 N–H and O–H groups in total. The Hall–Kier alpha value is -1.87. The fraction of sp³-hybridized carbons (Fsp3) is 0.560. The van der Waals surface area contributed by atoms with Gasteiger partial charge in [0.25, 0.3) is 0 Å². The van der Waals surface area contributed by atoms with Crippen LogP contribution in [0.15, 0.2) is 29.4 Å². The number of Topliss-reactive ketones (excluding diaryl/α,β-unsaturated/α-hetero) is 1. The fourth-order valence-electron chi connectivity index (χ4n) is 6.35. The second kappa shape index (κ2) is 5.82. The summed E-state index contributed by atoms with van der Waals surface area (Å²) in [5, 5.41) is 10.8. The van der Waals surface area contributed by atoms with E-state index in [0.717, 1.165) is 29.7 Å². The summed E-state index contributed by atoms with van der Waals surface area (Å²) in [6.45, 7) is 12.1. The predicted molar refractivity (Wildman–Crippen MR) is 112 cm³/mol. The SMILES string of the molecule is COc1ccc2c(c1C)C=CC13C(=C(C)C(=O)C1C(C)C(C)(C)O)CCC23C. The van der Waals surface area contributed by atoms with E-state index in [1.54, 1.807) is 7.11 Å². The van der Waals surface area contributed by atoms with Gasteiger partial charge >= 0.3 is 0 Å². The van der Waals surface area contributed by atoms with E-state index in [2.05, 4.69) is 38.1 Å². The van der Waals surface area contributed by atoms with Gasteiger partial charge in [0.15, 0.2) is 5.78 Å². The number of rotatable bonds is 3. The molecule has 0 aliphatic heterocycles. The molecule has 4 unspecified atom stereocenters. The van der Waals surface area contributed by atoms with Crippen molar-refractivity contribution in [3.8, 4) is 5.75 Å². The molecular formula is C25H32O3. The van der Waals surface area contributed by atoms with Gasteiger partial charge in [-0.1, -0.05) is 37.6 Å². The lowest BCUT2D eigenvalue weighted by Gasteiger charge is -2.51. The van der Waals surface area contributed by atoms with Gasteiger partial charge in [-0.05, 0) is 74.8 Å². The van der Waals surface area contributed by atoms with E-state index in [0.29, 0.717) is 0 Å². The minimum Gasteiger partial charge on any atom is -0.496 e. The van der Waals surface area contributed by atoms with Crippen LogP contribution in [0.2, 0.25) is 0 Å². The largest absolute Gasteiger partial charge is 0.496 e. The summed E-state index contributed by atoms with van der Waals surface area (Å²) < 4.78 is 5.55. The Morgan fingerprint density at radius 2 is 1.96 bits per heavy atom. The molecule has 0 saturated heterocycles. The van der Waals surface area contributed by atoms with Crippen LogP contribution in [0, 0.1) is 24.2 Å². The highest BCUT2D eigenvalue weighted by Gasteiger charge is 2.67. The Bertz CT molecular complexity index is 930. The summed E-state index contributed by atoms with van der Waals surface area (Å²) in [4.78, 5) is 13.5. The van der Waals surface area contributed by atoms with E-state index in [1.165, 1.54) is 16.7 Å². The summed E-state index contributed by atoms with van der Waals surface area (Å²) in [6.07, 6.45) is 6.46. The molecule has 0 heterocycles. The maximum Gasteiger partial charge on any atom is 0.163 e. The molecule has 0 bridgehead atoms. The monoisotopic (exact) mass is 380 g/mol. The summed E-state index contributed by atoms with van der Waals surface area (Å²) in [5.41, 5.74) is 4.46. The third-order valence-corrected chi connectivity index (χ3v) is 8.29. The van der Waals surface area contributed by atoms with Crippen LogP contribution >= 0.6 is 0 Å². The number of aliphatic hydroxyl groups is 1. The molecule has 0 aromatic heterocycles. The van der Waals surface area contributed by atoms with Gasteiger partial charge in [-0.15, -0.1) is 0 Å². The van der Waals surface area contributed by atoms with Crippen molar-refractivity contribution in [1.29, 1.82) is 0 Å². The van der Waals surface area contributed by atoms with Crippen LogP contribution in [-0.2, 0) is 10.2 Å². The average Bonchev–Trinajstić information content (AvgIpc) is 3.04. The number of hydrogen-bond acceptors (Lipinski definition) is 3. The smallest absolute Gasteiger partial charge is 0.163 e. The Morgan fingerprint density at radius 1 is 1.29 bits per heavy atom. The Morgan fingerprint density at radius 3 is 2.57 bits per heavy atom. The number of methoxy groups -OCH3 is 1. The van der Waals surface area contributed by atoms with Crippen molar-refractivity contribution >= 4 is 11.9 Å². The highest BCUT2D eigenvalue weighted by Crippen LogP contribution is 2.70. The number of carbonyl (C=O) groups excluding carboxylic acids is 1. The zero-order valence-electron chi connectivity index (χ0n) is 18.1. The van der Waals surface area contributed by atoms with Crippen molar-refractivity contribution in [2.75, 3.05) is 7.11 Å². The molecule has 1 aromatic carbocycles. The standard InChI is InChI=1S/C25H32O3/c1-14-17-10-13-25-18(15(2)22(26)21(25)16(3)23(4,5)27)11-12-24(25,6)19(17)8-9-20(14)28-7/h8-10,13,16,21,27H,11-12H2,1-7H3. The van der Waals surface area contributed by atoms with Gasteiger partial charge in [-0.3, -0.25) is 4.79 Å². The van der Waals surface area contributed by atoms with Crippen LogP contribution in [0.4, 0.5) is 0 Å². The second-order valence-electron chi connectivity index (χ2n) is 9.78. The van der Waals surface area contributed by atoms with E-state index in [1.807, 2.05) is 27.7 Å². The highest BCUT2D eigenvalue weighted by molar-refractivity contribution is 6.03. The molecular weight excluding hydrogens is 348 g/mol. The Labute approximate surface area is 168 Å². The van der Waals surface area contributed by atoms with Crippen LogP contribution in [-0.4, -0.2) is 23.6 Å². The summed E-state index contributed by atoms with van der Waals surface area (Å²) in [6, 6.07) is 4.26. The van der Waals surface area contributed by atoms with E-state index < -0.39 is 5.60 Å². The van der Waals surface area contributed by atoms with Crippen LogP contribution in [0.5, 0.6) is 5.75 Å². The first kappa shape index (κ1) is 19.4. The maximum atomic E-state index is 13.5. The lowest BCUT2D eigenvalue weighted by molar-refractivity contribution is -0.128. The first-order chi connectivity index (χ1) is 13.0. The van der Waals surface area contributed by atoms with Crippen molar-refractivity contribution in [2.24, 2.45) is 17.3 Å². The van der Waals surface area contributed by atoms with E-state index in [9.17, 15) is 9.90 Å². The number of allylic oxidation sites excluding steroid dienone is 3. The third kappa shape index (κ3) is 2.11. The van der Waals surface area contributed by atoms with Gasteiger partial charge in [-0.25, -0.2) is 0 Å². The number of carbonyl (C=O) groups is 1. The number of ketones is 1. The maximum absolute atomic E-state index is 13.5. The van der Waals surface area contributed by atoms with Crippen molar-refractivity contribution in [1.82, 2.24) is 0 Å². The quantitative estimate of drug-likeness (QED) is 0.803. The van der Waals surface area contributed by atoms with E-state index in [-0.39, 0.29) is 28.4 Å². The predicted octanol–water partition coefficient (Wildman–Crippen LogP) is 4.99. The molecule has 4 atom stereocenters. The van der Waals surface area contributed by atoms with Crippen molar-refractivity contribution in [3.05, 3.63) is 46.0 Å². The molecule has 0 amide bonds. The fourth-order valence-corrected chi connectivity index (χ4v) is 6.35. The Balaban J connectivity index is 1.99. The molecule has 3 aliphatic carbocycles. The summed E-state index contributed by atoms with van der Waals surface area (Å²) in [5.74, 6) is 0.739. The molecule has 1 spiro atoms. The van der Waals surface area contributed by atoms with Crippen LogP contribution in [0.25, 0.3) is 6.08 Å². The average molecular weight is 381 g/mol. The van der Waals surface area contributed by atoms with Gasteiger partial charge in [0.05, 0.1) is 12.7 Å². The lowest BCUT2D eigenvalue weighted by atomic mass is 9.51. The van der Waals surface area contributed by atoms with Crippen LogP contribution in [0.3, 0.4) is 0 Å². The first-order valence-corrected chi connectivity index (χ1v) is 10.3. The molecule has 3 heteroatoms. The van der Waals surface area contributed by atoms with Crippen molar-refractivity contribution in [2.45, 2.75) is 65.4 Å². The zero-order chi connectivity index (χ0) is 20.6. The van der Waals surface area contributed by atoms with Gasteiger partial charge in [0, 0.05) is 16.7 Å². The molecule has 150 valence electrons.